The molecule has 0 fully saturated rings. The van der Waals surface area contributed by atoms with Crippen molar-refractivity contribution in [2.75, 3.05) is 6.61 Å². The highest BCUT2D eigenvalue weighted by Gasteiger charge is 2.04. The van der Waals surface area contributed by atoms with E-state index in [1.54, 1.807) is 0 Å². The second-order valence-electron chi connectivity index (χ2n) is 4.84. The predicted octanol–water partition coefficient (Wildman–Crippen LogP) is 4.29. The van der Waals surface area contributed by atoms with Crippen molar-refractivity contribution in [3.8, 4) is 0 Å². The summed E-state index contributed by atoms with van der Waals surface area (Å²) in [5.74, 6) is 0. The molecule has 1 atom stereocenters. The molecule has 0 saturated carbocycles. The third-order valence-electron chi connectivity index (χ3n) is 2.99. The average Bonchev–Trinajstić information content (AvgIpc) is 2.34. The maximum Gasteiger partial charge on any atom is 0.394 e. The number of hydrogen-bond acceptors (Lipinski definition) is 3. The van der Waals surface area contributed by atoms with Crippen LogP contribution in [-0.2, 0) is 15.1 Å². The van der Waals surface area contributed by atoms with E-state index in [1.165, 1.54) is 57.8 Å². The van der Waals surface area contributed by atoms with Crippen LogP contribution in [0.4, 0.5) is 0 Å². The smallest absolute Gasteiger partial charge is 0.379 e. The Labute approximate surface area is 124 Å². The van der Waals surface area contributed by atoms with Gasteiger partial charge in [0.25, 0.3) is 0 Å². The Balaban J connectivity index is 0. The summed E-state index contributed by atoms with van der Waals surface area (Å²) >= 11 is 0. The summed E-state index contributed by atoms with van der Waals surface area (Å²) in [6.07, 6.45) is 12.7. The quantitative estimate of drug-likeness (QED) is 0.439. The van der Waals surface area contributed by atoms with Crippen molar-refractivity contribution in [3.05, 3.63) is 0 Å². The second kappa shape index (κ2) is 15.2. The fourth-order valence-electron chi connectivity index (χ4n) is 1.97. The SMILES string of the molecule is CCCCCCCCCC(CC)OCC.O=S(=O)(O)O. The van der Waals surface area contributed by atoms with Crippen LogP contribution in [0.2, 0.25) is 0 Å². The molecule has 0 amide bonds. The van der Waals surface area contributed by atoms with Gasteiger partial charge in [0.1, 0.15) is 0 Å². The minimum atomic E-state index is -4.67. The van der Waals surface area contributed by atoms with Crippen molar-refractivity contribution < 1.29 is 22.3 Å². The summed E-state index contributed by atoms with van der Waals surface area (Å²) in [7, 11) is -4.67. The Morgan fingerprint density at radius 3 is 1.75 bits per heavy atom. The molecule has 0 aromatic heterocycles. The second-order valence-corrected chi connectivity index (χ2v) is 5.74. The fraction of sp³-hybridized carbons (Fsp3) is 1.00. The highest BCUT2D eigenvalue weighted by molar-refractivity contribution is 7.79. The molecule has 124 valence electrons. The number of rotatable bonds is 11. The van der Waals surface area contributed by atoms with E-state index in [9.17, 15) is 0 Å². The molecule has 0 rings (SSSR count). The highest BCUT2D eigenvalue weighted by Crippen LogP contribution is 2.12. The Bertz CT molecular complexity index is 269. The summed E-state index contributed by atoms with van der Waals surface area (Å²) in [5, 5.41) is 0. The van der Waals surface area contributed by atoms with Crippen LogP contribution < -0.4 is 0 Å². The van der Waals surface area contributed by atoms with Crippen LogP contribution in [0.3, 0.4) is 0 Å². The lowest BCUT2D eigenvalue weighted by atomic mass is 10.1. The van der Waals surface area contributed by atoms with Crippen LogP contribution in [0.1, 0.15) is 78.6 Å². The van der Waals surface area contributed by atoms with Gasteiger partial charge in [-0.15, -0.1) is 0 Å². The number of ether oxygens (including phenoxy) is 1. The van der Waals surface area contributed by atoms with Gasteiger partial charge < -0.3 is 4.74 Å². The first kappa shape index (κ1) is 22.1. The standard InChI is InChI=1S/C14H30O.H2O4S/c1-4-7-8-9-10-11-12-13-14(5-2)15-6-3;1-5(2,3)4/h14H,4-13H2,1-3H3;(H2,1,2,3,4). The summed E-state index contributed by atoms with van der Waals surface area (Å²) in [6, 6.07) is 0. The van der Waals surface area contributed by atoms with Crippen LogP contribution in [0, 0.1) is 0 Å². The molecule has 0 aromatic rings. The lowest BCUT2D eigenvalue weighted by molar-refractivity contribution is 0.0523. The fourth-order valence-corrected chi connectivity index (χ4v) is 1.97. The normalized spacial score (nSPS) is 12.7. The highest BCUT2D eigenvalue weighted by atomic mass is 32.3. The van der Waals surface area contributed by atoms with E-state index in [0.717, 1.165) is 6.61 Å². The monoisotopic (exact) mass is 312 g/mol. The molecule has 1 unspecified atom stereocenters. The molecule has 0 saturated heterocycles. The molecular weight excluding hydrogens is 280 g/mol. The van der Waals surface area contributed by atoms with Crippen LogP contribution in [0.15, 0.2) is 0 Å². The predicted molar refractivity (Wildman–Crippen MR) is 82.5 cm³/mol. The summed E-state index contributed by atoms with van der Waals surface area (Å²) in [4.78, 5) is 0. The summed E-state index contributed by atoms with van der Waals surface area (Å²) < 4.78 is 37.2. The maximum atomic E-state index is 8.74. The van der Waals surface area contributed by atoms with Crippen molar-refractivity contribution in [1.29, 1.82) is 0 Å². The van der Waals surface area contributed by atoms with E-state index in [2.05, 4.69) is 20.8 Å². The van der Waals surface area contributed by atoms with Gasteiger partial charge in [-0.1, -0.05) is 58.8 Å². The lowest BCUT2D eigenvalue weighted by Crippen LogP contribution is -2.11. The zero-order valence-corrected chi connectivity index (χ0v) is 14.0. The molecular formula is C14H32O5S. The van der Waals surface area contributed by atoms with Gasteiger partial charge in [-0.2, -0.15) is 8.42 Å². The minimum Gasteiger partial charge on any atom is -0.379 e. The van der Waals surface area contributed by atoms with Crippen molar-refractivity contribution in [2.45, 2.75) is 84.7 Å². The molecule has 6 heteroatoms. The van der Waals surface area contributed by atoms with Crippen molar-refractivity contribution in [2.24, 2.45) is 0 Å². The van der Waals surface area contributed by atoms with E-state index < -0.39 is 10.4 Å². The molecule has 0 spiro atoms. The Kier molecular flexibility index (Phi) is 16.8. The number of hydrogen-bond donors (Lipinski definition) is 2. The van der Waals surface area contributed by atoms with Gasteiger partial charge in [-0.3, -0.25) is 9.11 Å². The lowest BCUT2D eigenvalue weighted by Gasteiger charge is -2.14. The molecule has 0 aliphatic rings. The zero-order chi connectivity index (χ0) is 15.9. The molecule has 20 heavy (non-hydrogen) atoms. The van der Waals surface area contributed by atoms with Gasteiger partial charge in [0.15, 0.2) is 0 Å². The van der Waals surface area contributed by atoms with Crippen molar-refractivity contribution in [1.82, 2.24) is 0 Å². The molecule has 0 radical (unpaired) electrons. The first-order valence-corrected chi connectivity index (χ1v) is 9.06. The van der Waals surface area contributed by atoms with Crippen LogP contribution in [-0.4, -0.2) is 30.2 Å². The first-order chi connectivity index (χ1) is 9.35. The zero-order valence-electron chi connectivity index (χ0n) is 13.2. The molecule has 0 aliphatic heterocycles. The Hall–Kier alpha value is -0.170. The Morgan fingerprint density at radius 1 is 0.900 bits per heavy atom. The van der Waals surface area contributed by atoms with E-state index in [-0.39, 0.29) is 0 Å². The van der Waals surface area contributed by atoms with Gasteiger partial charge in [0, 0.05) is 6.61 Å². The molecule has 0 bridgehead atoms. The van der Waals surface area contributed by atoms with E-state index >= 15 is 0 Å². The molecule has 0 heterocycles. The van der Waals surface area contributed by atoms with E-state index in [1.807, 2.05) is 0 Å². The number of unbranched alkanes of at least 4 members (excludes halogenated alkanes) is 6. The first-order valence-electron chi connectivity index (χ1n) is 7.66. The van der Waals surface area contributed by atoms with E-state index in [0.29, 0.717) is 6.10 Å². The third kappa shape index (κ3) is 26.4. The Morgan fingerprint density at radius 2 is 1.35 bits per heavy atom. The van der Waals surface area contributed by atoms with Gasteiger partial charge in [0.2, 0.25) is 0 Å². The minimum absolute atomic E-state index is 0.519. The van der Waals surface area contributed by atoms with Crippen molar-refractivity contribution in [3.63, 3.8) is 0 Å². The van der Waals surface area contributed by atoms with Crippen molar-refractivity contribution >= 4 is 10.4 Å². The third-order valence-corrected chi connectivity index (χ3v) is 2.99. The largest absolute Gasteiger partial charge is 0.394 e. The van der Waals surface area contributed by atoms with Crippen LogP contribution in [0.5, 0.6) is 0 Å². The van der Waals surface area contributed by atoms with Gasteiger partial charge in [0.05, 0.1) is 6.10 Å². The molecule has 0 aromatic carbocycles. The van der Waals surface area contributed by atoms with Crippen LogP contribution in [0.25, 0.3) is 0 Å². The average molecular weight is 312 g/mol. The summed E-state index contributed by atoms with van der Waals surface area (Å²) in [6.45, 7) is 7.46. The van der Waals surface area contributed by atoms with Gasteiger partial charge in [-0.05, 0) is 19.8 Å². The molecule has 5 nitrogen and oxygen atoms in total. The summed E-state index contributed by atoms with van der Waals surface area (Å²) in [5.41, 5.74) is 0. The molecule has 0 aliphatic carbocycles. The van der Waals surface area contributed by atoms with Gasteiger partial charge >= 0.3 is 10.4 Å². The van der Waals surface area contributed by atoms with Crippen LogP contribution >= 0.6 is 0 Å². The van der Waals surface area contributed by atoms with Gasteiger partial charge in [-0.25, -0.2) is 0 Å². The topological polar surface area (TPSA) is 83.8 Å². The molecule has 2 N–H and O–H groups in total. The maximum absolute atomic E-state index is 8.74. The van der Waals surface area contributed by atoms with E-state index in [4.69, 9.17) is 22.3 Å².